The molecular formula is C22H22FN5O. The lowest BCUT2D eigenvalue weighted by atomic mass is 10.2. The summed E-state index contributed by atoms with van der Waals surface area (Å²) in [7, 11) is 0. The van der Waals surface area contributed by atoms with E-state index >= 15 is 0 Å². The van der Waals surface area contributed by atoms with Gasteiger partial charge in [0.05, 0.1) is 24.7 Å². The molecule has 2 aliphatic rings. The Labute approximate surface area is 168 Å². The molecule has 3 atom stereocenters. The molecule has 0 spiro atoms. The van der Waals surface area contributed by atoms with Gasteiger partial charge in [0.2, 0.25) is 5.95 Å². The Morgan fingerprint density at radius 3 is 2.48 bits per heavy atom. The van der Waals surface area contributed by atoms with Crippen molar-refractivity contribution in [3.8, 4) is 17.0 Å². The number of anilines is 1. The van der Waals surface area contributed by atoms with Gasteiger partial charge >= 0.3 is 0 Å². The molecule has 1 aliphatic heterocycles. The fourth-order valence-electron chi connectivity index (χ4n) is 4.15. The summed E-state index contributed by atoms with van der Waals surface area (Å²) in [5.74, 6) is 3.02. The molecule has 3 aromatic rings. The summed E-state index contributed by atoms with van der Waals surface area (Å²) in [6.07, 6.45) is 9.20. The van der Waals surface area contributed by atoms with E-state index in [-0.39, 0.29) is 5.82 Å². The van der Waals surface area contributed by atoms with Crippen LogP contribution in [0.4, 0.5) is 10.3 Å². The Bertz CT molecular complexity index is 983. The van der Waals surface area contributed by atoms with Crippen molar-refractivity contribution >= 4 is 5.95 Å². The third-order valence-electron chi connectivity index (χ3n) is 5.98. The van der Waals surface area contributed by atoms with E-state index in [4.69, 9.17) is 4.74 Å². The van der Waals surface area contributed by atoms with Gasteiger partial charge in [0.15, 0.2) is 5.82 Å². The first kappa shape index (κ1) is 18.0. The lowest BCUT2D eigenvalue weighted by molar-refractivity contribution is 0.282. The van der Waals surface area contributed by atoms with Crippen molar-refractivity contribution in [2.75, 3.05) is 24.6 Å². The molecule has 0 N–H and O–H groups in total. The summed E-state index contributed by atoms with van der Waals surface area (Å²) in [4.78, 5) is 19.3. The summed E-state index contributed by atoms with van der Waals surface area (Å²) in [6.45, 7) is 4.77. The van der Waals surface area contributed by atoms with E-state index in [2.05, 4.69) is 31.8 Å². The van der Waals surface area contributed by atoms with Crippen molar-refractivity contribution in [3.63, 3.8) is 0 Å². The summed E-state index contributed by atoms with van der Waals surface area (Å²) in [5.41, 5.74) is 2.18. The zero-order valence-electron chi connectivity index (χ0n) is 16.2. The number of aryl methyl sites for hydroxylation is 1. The van der Waals surface area contributed by atoms with Gasteiger partial charge in [0.1, 0.15) is 5.75 Å². The lowest BCUT2D eigenvalue weighted by Gasteiger charge is -2.19. The van der Waals surface area contributed by atoms with Crippen LogP contribution in [-0.4, -0.2) is 39.6 Å². The molecule has 0 aromatic carbocycles. The maximum atomic E-state index is 13.8. The minimum absolute atomic E-state index is 0.377. The van der Waals surface area contributed by atoms with Gasteiger partial charge in [-0.3, -0.25) is 9.97 Å². The fraction of sp³-hybridized carbons (Fsp3) is 0.364. The number of pyridine rings is 2. The van der Waals surface area contributed by atoms with Crippen LogP contribution in [0.5, 0.6) is 5.75 Å². The Morgan fingerprint density at radius 2 is 1.83 bits per heavy atom. The number of halogens is 1. The molecule has 7 heteroatoms. The van der Waals surface area contributed by atoms with Crippen LogP contribution in [-0.2, 0) is 6.42 Å². The smallest absolute Gasteiger partial charge is 0.225 e. The van der Waals surface area contributed by atoms with Crippen LogP contribution < -0.4 is 9.64 Å². The van der Waals surface area contributed by atoms with Crippen LogP contribution in [0.2, 0.25) is 0 Å². The number of rotatable bonds is 6. The molecule has 2 fully saturated rings. The van der Waals surface area contributed by atoms with Gasteiger partial charge in [-0.1, -0.05) is 6.92 Å². The number of aromatic nitrogens is 4. The van der Waals surface area contributed by atoms with E-state index in [9.17, 15) is 4.39 Å². The van der Waals surface area contributed by atoms with E-state index in [1.54, 1.807) is 24.5 Å². The van der Waals surface area contributed by atoms with Gasteiger partial charge < -0.3 is 9.64 Å². The summed E-state index contributed by atoms with van der Waals surface area (Å²) in [6, 6.07) is 5.24. The van der Waals surface area contributed by atoms with E-state index in [0.717, 1.165) is 31.0 Å². The molecule has 29 heavy (non-hydrogen) atoms. The number of fused-ring (bicyclic) bond motifs is 1. The predicted octanol–water partition coefficient (Wildman–Crippen LogP) is 3.40. The molecular weight excluding hydrogens is 369 g/mol. The maximum Gasteiger partial charge on any atom is 0.225 e. The van der Waals surface area contributed by atoms with Gasteiger partial charge in [0.25, 0.3) is 0 Å². The first-order valence-electron chi connectivity index (χ1n) is 9.97. The van der Waals surface area contributed by atoms with E-state index in [1.165, 1.54) is 6.20 Å². The molecule has 1 saturated carbocycles. The zero-order valence-corrected chi connectivity index (χ0v) is 16.2. The highest BCUT2D eigenvalue weighted by Gasteiger charge is 2.56. The van der Waals surface area contributed by atoms with Crippen LogP contribution in [0.1, 0.15) is 12.5 Å². The number of piperidine rings is 1. The third kappa shape index (κ3) is 3.52. The second-order valence-electron chi connectivity index (χ2n) is 7.69. The highest BCUT2D eigenvalue weighted by molar-refractivity contribution is 5.59. The van der Waals surface area contributed by atoms with Crippen molar-refractivity contribution < 1.29 is 9.13 Å². The quantitative estimate of drug-likeness (QED) is 0.642. The second-order valence-corrected chi connectivity index (χ2v) is 7.69. The number of hydrogen-bond donors (Lipinski definition) is 0. The van der Waals surface area contributed by atoms with Crippen LogP contribution in [0.25, 0.3) is 11.3 Å². The van der Waals surface area contributed by atoms with Crippen LogP contribution in [0, 0.1) is 23.6 Å². The monoisotopic (exact) mass is 391 g/mol. The highest BCUT2D eigenvalue weighted by Crippen LogP contribution is 2.52. The van der Waals surface area contributed by atoms with E-state index in [0.29, 0.717) is 41.4 Å². The van der Waals surface area contributed by atoms with Crippen LogP contribution >= 0.6 is 0 Å². The standard InChI is InChI=1S/C22H22FN5O/c1-2-14-7-26-22(27-8-14)28-11-17-18(12-28)19(17)13-29-15-3-4-21(25-9-15)16-5-6-24-10-20(16)23/h3-10,17-19H,2,11-13H2,1H3/t17-,18?,19?/m1/s1. The molecule has 4 heterocycles. The van der Waals surface area contributed by atoms with Crippen molar-refractivity contribution in [3.05, 3.63) is 60.6 Å². The Balaban J connectivity index is 1.14. The first-order valence-corrected chi connectivity index (χ1v) is 9.97. The first-order chi connectivity index (χ1) is 14.2. The van der Waals surface area contributed by atoms with E-state index in [1.807, 2.05) is 18.5 Å². The van der Waals surface area contributed by atoms with Gasteiger partial charge in [-0.2, -0.15) is 0 Å². The largest absolute Gasteiger partial charge is 0.492 e. The average Bonchev–Trinajstić information content (AvgIpc) is 3.22. The number of hydrogen-bond acceptors (Lipinski definition) is 6. The average molecular weight is 391 g/mol. The molecule has 5 rings (SSSR count). The predicted molar refractivity (Wildman–Crippen MR) is 107 cm³/mol. The van der Waals surface area contributed by atoms with Gasteiger partial charge in [-0.15, -0.1) is 0 Å². The van der Waals surface area contributed by atoms with Crippen LogP contribution in [0.15, 0.2) is 49.2 Å². The summed E-state index contributed by atoms with van der Waals surface area (Å²) in [5, 5.41) is 0. The van der Waals surface area contributed by atoms with Crippen molar-refractivity contribution in [1.29, 1.82) is 0 Å². The van der Waals surface area contributed by atoms with Crippen molar-refractivity contribution in [2.24, 2.45) is 17.8 Å². The highest BCUT2D eigenvalue weighted by atomic mass is 19.1. The van der Waals surface area contributed by atoms with Crippen molar-refractivity contribution in [1.82, 2.24) is 19.9 Å². The minimum Gasteiger partial charge on any atom is -0.492 e. The Hall–Kier alpha value is -3.09. The second kappa shape index (κ2) is 7.39. The molecule has 2 unspecified atom stereocenters. The normalized spacial score (nSPS) is 22.4. The van der Waals surface area contributed by atoms with Gasteiger partial charge in [0, 0.05) is 43.2 Å². The minimum atomic E-state index is -0.377. The molecule has 0 bridgehead atoms. The van der Waals surface area contributed by atoms with Gasteiger partial charge in [-0.25, -0.2) is 14.4 Å². The Morgan fingerprint density at radius 1 is 1.03 bits per heavy atom. The molecule has 0 radical (unpaired) electrons. The summed E-state index contributed by atoms with van der Waals surface area (Å²) >= 11 is 0. The lowest BCUT2D eigenvalue weighted by Crippen LogP contribution is -2.27. The van der Waals surface area contributed by atoms with Gasteiger partial charge in [-0.05, 0) is 42.0 Å². The molecule has 1 aliphatic carbocycles. The zero-order chi connectivity index (χ0) is 19.8. The molecule has 1 saturated heterocycles. The molecule has 6 nitrogen and oxygen atoms in total. The van der Waals surface area contributed by atoms with Crippen molar-refractivity contribution in [2.45, 2.75) is 13.3 Å². The maximum absolute atomic E-state index is 13.8. The topological polar surface area (TPSA) is 64.0 Å². The van der Waals surface area contributed by atoms with Crippen LogP contribution in [0.3, 0.4) is 0 Å². The fourth-order valence-corrected chi connectivity index (χ4v) is 4.15. The third-order valence-corrected chi connectivity index (χ3v) is 5.98. The molecule has 3 aromatic heterocycles. The number of nitrogens with zero attached hydrogens (tertiary/aromatic N) is 5. The summed E-state index contributed by atoms with van der Waals surface area (Å²) < 4.78 is 19.8. The number of ether oxygens (including phenoxy) is 1. The molecule has 148 valence electrons. The SMILES string of the molecule is CCc1cnc(N2CC3C(COc4ccc(-c5ccncc5F)nc4)[C@@H]3C2)nc1. The molecule has 0 amide bonds. The Kier molecular flexibility index (Phi) is 4.58. The van der Waals surface area contributed by atoms with E-state index < -0.39 is 0 Å².